The first kappa shape index (κ1) is 14.0. The highest BCUT2D eigenvalue weighted by molar-refractivity contribution is 6.06. The maximum atomic E-state index is 12.9. The van der Waals surface area contributed by atoms with Crippen molar-refractivity contribution in [1.29, 1.82) is 0 Å². The minimum atomic E-state index is 0.122. The highest BCUT2D eigenvalue weighted by Gasteiger charge is 2.24. The molecule has 1 N–H and O–H groups in total. The summed E-state index contributed by atoms with van der Waals surface area (Å²) in [6.07, 6.45) is 2.19. The average molecular weight is 283 g/mol. The number of likely N-dealkylation sites (tertiary alicyclic amines) is 1. The SMILES string of the molecule is CNC1CCCN(C(=O)c2cc(C)nc3ccccc23)C1. The molecule has 21 heavy (non-hydrogen) atoms. The van der Waals surface area contributed by atoms with Crippen LogP contribution in [-0.4, -0.2) is 42.0 Å². The molecule has 0 bridgehead atoms. The topological polar surface area (TPSA) is 45.2 Å². The molecule has 1 aromatic carbocycles. The Hall–Kier alpha value is -1.94. The monoisotopic (exact) mass is 283 g/mol. The number of carbonyl (C=O) groups excluding carboxylic acids is 1. The molecule has 110 valence electrons. The Labute approximate surface area is 125 Å². The maximum Gasteiger partial charge on any atom is 0.254 e. The second-order valence-electron chi connectivity index (χ2n) is 5.71. The fourth-order valence-corrected chi connectivity index (χ4v) is 3.05. The van der Waals surface area contributed by atoms with Gasteiger partial charge in [0.2, 0.25) is 0 Å². The number of fused-ring (bicyclic) bond motifs is 1. The largest absolute Gasteiger partial charge is 0.337 e. The van der Waals surface area contributed by atoms with E-state index in [4.69, 9.17) is 0 Å². The predicted molar refractivity (Wildman–Crippen MR) is 84.5 cm³/mol. The lowest BCUT2D eigenvalue weighted by Crippen LogP contribution is -2.47. The first-order valence-electron chi connectivity index (χ1n) is 7.52. The van der Waals surface area contributed by atoms with Crippen molar-refractivity contribution in [3.05, 3.63) is 41.6 Å². The molecule has 1 aliphatic heterocycles. The van der Waals surface area contributed by atoms with Gasteiger partial charge in [-0.1, -0.05) is 18.2 Å². The van der Waals surface area contributed by atoms with E-state index in [1.54, 1.807) is 0 Å². The van der Waals surface area contributed by atoms with Gasteiger partial charge in [-0.05, 0) is 38.9 Å². The third-order valence-electron chi connectivity index (χ3n) is 4.19. The molecule has 4 nitrogen and oxygen atoms in total. The van der Waals surface area contributed by atoms with Crippen LogP contribution >= 0.6 is 0 Å². The summed E-state index contributed by atoms with van der Waals surface area (Å²) in [5.74, 6) is 0.122. The molecule has 0 saturated carbocycles. The smallest absolute Gasteiger partial charge is 0.254 e. The summed E-state index contributed by atoms with van der Waals surface area (Å²) in [6.45, 7) is 3.56. The van der Waals surface area contributed by atoms with E-state index in [0.29, 0.717) is 6.04 Å². The second kappa shape index (κ2) is 5.82. The Morgan fingerprint density at radius 2 is 2.19 bits per heavy atom. The zero-order valence-electron chi connectivity index (χ0n) is 12.6. The van der Waals surface area contributed by atoms with Gasteiger partial charge in [-0.2, -0.15) is 0 Å². The van der Waals surface area contributed by atoms with Gasteiger partial charge in [-0.25, -0.2) is 0 Å². The van der Waals surface area contributed by atoms with Gasteiger partial charge in [0.15, 0.2) is 0 Å². The molecular formula is C17H21N3O. The minimum Gasteiger partial charge on any atom is -0.337 e. The number of pyridine rings is 1. The molecule has 0 aliphatic carbocycles. The van der Waals surface area contributed by atoms with Crippen LogP contribution in [0.1, 0.15) is 28.9 Å². The molecule has 3 rings (SSSR count). The summed E-state index contributed by atoms with van der Waals surface area (Å²) in [6, 6.07) is 10.2. The lowest BCUT2D eigenvalue weighted by Gasteiger charge is -2.32. The van der Waals surface area contributed by atoms with E-state index >= 15 is 0 Å². The number of carbonyl (C=O) groups is 1. The number of benzene rings is 1. The zero-order chi connectivity index (χ0) is 14.8. The van der Waals surface area contributed by atoms with Gasteiger partial charge in [0, 0.05) is 30.2 Å². The van der Waals surface area contributed by atoms with Crippen LogP contribution in [0.2, 0.25) is 0 Å². The van der Waals surface area contributed by atoms with Crippen LogP contribution < -0.4 is 5.32 Å². The number of likely N-dealkylation sites (N-methyl/N-ethyl adjacent to an activating group) is 1. The van der Waals surface area contributed by atoms with Crippen LogP contribution in [0.15, 0.2) is 30.3 Å². The van der Waals surface area contributed by atoms with Crippen molar-refractivity contribution in [2.45, 2.75) is 25.8 Å². The molecular weight excluding hydrogens is 262 g/mol. The van der Waals surface area contributed by atoms with Gasteiger partial charge in [0.05, 0.1) is 11.1 Å². The third-order valence-corrected chi connectivity index (χ3v) is 4.19. The molecule has 1 aliphatic rings. The summed E-state index contributed by atoms with van der Waals surface area (Å²) in [5.41, 5.74) is 2.55. The Morgan fingerprint density at radius 3 is 3.00 bits per heavy atom. The number of aryl methyl sites for hydroxylation is 1. The van der Waals surface area contributed by atoms with Crippen molar-refractivity contribution in [2.75, 3.05) is 20.1 Å². The number of aromatic nitrogens is 1. The van der Waals surface area contributed by atoms with Gasteiger partial charge in [-0.15, -0.1) is 0 Å². The van der Waals surface area contributed by atoms with Crippen molar-refractivity contribution in [3.63, 3.8) is 0 Å². The van der Waals surface area contributed by atoms with Crippen LogP contribution in [0.25, 0.3) is 10.9 Å². The molecule has 0 radical (unpaired) electrons. The normalized spacial score (nSPS) is 19.0. The van der Waals surface area contributed by atoms with Crippen LogP contribution in [0.4, 0.5) is 0 Å². The number of rotatable bonds is 2. The number of nitrogens with one attached hydrogen (secondary N) is 1. The number of amides is 1. The highest BCUT2D eigenvalue weighted by Crippen LogP contribution is 2.21. The van der Waals surface area contributed by atoms with Crippen molar-refractivity contribution in [2.24, 2.45) is 0 Å². The Morgan fingerprint density at radius 1 is 1.38 bits per heavy atom. The average Bonchev–Trinajstić information content (AvgIpc) is 2.53. The van der Waals surface area contributed by atoms with E-state index in [1.807, 2.05) is 49.2 Å². The number of nitrogens with zero attached hydrogens (tertiary/aromatic N) is 2. The molecule has 0 spiro atoms. The van der Waals surface area contributed by atoms with Gasteiger partial charge >= 0.3 is 0 Å². The molecule has 1 aromatic heterocycles. The van der Waals surface area contributed by atoms with Crippen LogP contribution in [0.5, 0.6) is 0 Å². The molecule has 4 heteroatoms. The predicted octanol–water partition coefficient (Wildman–Crippen LogP) is 2.37. The summed E-state index contributed by atoms with van der Waals surface area (Å²) in [7, 11) is 1.96. The number of piperidine rings is 1. The van der Waals surface area contributed by atoms with E-state index in [-0.39, 0.29) is 5.91 Å². The second-order valence-corrected chi connectivity index (χ2v) is 5.71. The van der Waals surface area contributed by atoms with E-state index in [0.717, 1.165) is 48.1 Å². The van der Waals surface area contributed by atoms with Gasteiger partial charge < -0.3 is 10.2 Å². The fourth-order valence-electron chi connectivity index (χ4n) is 3.05. The number of para-hydroxylation sites is 1. The first-order chi connectivity index (χ1) is 10.2. The van der Waals surface area contributed by atoms with Crippen LogP contribution in [0, 0.1) is 6.92 Å². The van der Waals surface area contributed by atoms with E-state index in [1.165, 1.54) is 0 Å². The first-order valence-corrected chi connectivity index (χ1v) is 7.52. The third kappa shape index (κ3) is 2.76. The lowest BCUT2D eigenvalue weighted by atomic mass is 10.0. The molecule has 1 saturated heterocycles. The molecule has 1 unspecified atom stereocenters. The Kier molecular flexibility index (Phi) is 3.88. The van der Waals surface area contributed by atoms with E-state index in [9.17, 15) is 4.79 Å². The zero-order valence-corrected chi connectivity index (χ0v) is 12.6. The summed E-state index contributed by atoms with van der Waals surface area (Å²) in [5, 5.41) is 4.23. The Bertz CT molecular complexity index is 668. The molecule has 2 heterocycles. The van der Waals surface area contributed by atoms with Gasteiger partial charge in [0.1, 0.15) is 0 Å². The summed E-state index contributed by atoms with van der Waals surface area (Å²) >= 11 is 0. The van der Waals surface area contributed by atoms with Crippen molar-refractivity contribution < 1.29 is 4.79 Å². The van der Waals surface area contributed by atoms with Crippen molar-refractivity contribution in [3.8, 4) is 0 Å². The molecule has 1 fully saturated rings. The lowest BCUT2D eigenvalue weighted by molar-refractivity contribution is 0.0700. The molecule has 2 aromatic rings. The standard InChI is InChI=1S/C17H21N3O/c1-12-10-15(14-7-3-4-8-16(14)19-12)17(21)20-9-5-6-13(11-20)18-2/h3-4,7-8,10,13,18H,5-6,9,11H2,1-2H3. The van der Waals surface area contributed by atoms with Crippen LogP contribution in [-0.2, 0) is 0 Å². The fraction of sp³-hybridized carbons (Fsp3) is 0.412. The van der Waals surface area contributed by atoms with Gasteiger partial charge in [-0.3, -0.25) is 9.78 Å². The van der Waals surface area contributed by atoms with Crippen molar-refractivity contribution >= 4 is 16.8 Å². The number of hydrogen-bond donors (Lipinski definition) is 1. The quantitative estimate of drug-likeness (QED) is 0.920. The number of hydrogen-bond acceptors (Lipinski definition) is 3. The van der Waals surface area contributed by atoms with E-state index in [2.05, 4.69) is 10.3 Å². The summed E-state index contributed by atoms with van der Waals surface area (Å²) in [4.78, 5) is 19.4. The Balaban J connectivity index is 1.97. The van der Waals surface area contributed by atoms with E-state index < -0.39 is 0 Å². The van der Waals surface area contributed by atoms with Crippen molar-refractivity contribution in [1.82, 2.24) is 15.2 Å². The summed E-state index contributed by atoms with van der Waals surface area (Å²) < 4.78 is 0. The van der Waals surface area contributed by atoms with Crippen LogP contribution in [0.3, 0.4) is 0 Å². The minimum absolute atomic E-state index is 0.122. The maximum absolute atomic E-state index is 12.9. The molecule has 1 atom stereocenters. The molecule has 1 amide bonds. The van der Waals surface area contributed by atoms with Gasteiger partial charge in [0.25, 0.3) is 5.91 Å². The highest BCUT2D eigenvalue weighted by atomic mass is 16.2.